The van der Waals surface area contributed by atoms with Gasteiger partial charge in [0, 0.05) is 12.1 Å². The highest BCUT2D eigenvalue weighted by molar-refractivity contribution is 6.07. The summed E-state index contributed by atoms with van der Waals surface area (Å²) in [5, 5.41) is 19.3. The zero-order valence-corrected chi connectivity index (χ0v) is 19.3. The summed E-state index contributed by atoms with van der Waals surface area (Å²) in [5.74, 6) is 0.188. The molecule has 3 aromatic rings. The van der Waals surface area contributed by atoms with Crippen LogP contribution in [0, 0.1) is 0 Å². The summed E-state index contributed by atoms with van der Waals surface area (Å²) in [6.45, 7) is 1.62. The summed E-state index contributed by atoms with van der Waals surface area (Å²) < 4.78 is 53.3. The number of ether oxygens (including phenoxy) is 2. The summed E-state index contributed by atoms with van der Waals surface area (Å²) in [7, 11) is 2.91. The normalized spacial score (nSPS) is 18.3. The van der Waals surface area contributed by atoms with E-state index in [1.165, 1.54) is 14.2 Å². The maximum atomic E-state index is 14.0. The van der Waals surface area contributed by atoms with Gasteiger partial charge in [-0.05, 0) is 42.3 Å². The number of hydrogen-bond donors (Lipinski definition) is 3. The molecule has 1 amide bonds. The van der Waals surface area contributed by atoms with Crippen LogP contribution in [0.15, 0.2) is 48.7 Å². The lowest BCUT2D eigenvalue weighted by Crippen LogP contribution is -2.36. The van der Waals surface area contributed by atoms with Gasteiger partial charge < -0.3 is 25.2 Å². The second-order valence-electron chi connectivity index (χ2n) is 8.21. The van der Waals surface area contributed by atoms with Crippen LogP contribution < -0.4 is 20.1 Å². The first-order chi connectivity index (χ1) is 16.6. The molecule has 0 fully saturated rings. The summed E-state index contributed by atoms with van der Waals surface area (Å²) in [5.41, 5.74) is 1.62. The molecule has 2 heterocycles. The maximum absolute atomic E-state index is 14.0. The molecule has 0 unspecified atom stereocenters. The molecule has 3 N–H and O–H groups in total. The van der Waals surface area contributed by atoms with Crippen molar-refractivity contribution in [3.05, 3.63) is 65.4 Å². The number of alkyl halides is 3. The number of aliphatic hydroxyl groups excluding tert-OH is 1. The number of carbonyl (C=O) groups excluding carboxylic acids is 1. The van der Waals surface area contributed by atoms with E-state index < -0.39 is 30.3 Å². The fourth-order valence-electron chi connectivity index (χ4n) is 4.06. The van der Waals surface area contributed by atoms with E-state index >= 15 is 0 Å². The summed E-state index contributed by atoms with van der Waals surface area (Å²) in [4.78, 5) is 13.0. The molecule has 0 bridgehead atoms. The molecule has 1 aliphatic heterocycles. The van der Waals surface area contributed by atoms with Crippen molar-refractivity contribution in [2.75, 3.05) is 24.9 Å². The average molecular weight is 490 g/mol. The lowest BCUT2D eigenvalue weighted by molar-refractivity contribution is -0.173. The van der Waals surface area contributed by atoms with Crippen molar-refractivity contribution in [1.82, 2.24) is 9.78 Å². The topological polar surface area (TPSA) is 97.6 Å². The van der Waals surface area contributed by atoms with Crippen LogP contribution in [0.5, 0.6) is 11.5 Å². The largest absolute Gasteiger partial charge is 0.493 e. The number of rotatable bonds is 6. The van der Waals surface area contributed by atoms with E-state index in [-0.39, 0.29) is 17.8 Å². The highest BCUT2D eigenvalue weighted by atomic mass is 19.4. The van der Waals surface area contributed by atoms with Crippen molar-refractivity contribution >= 4 is 17.4 Å². The van der Waals surface area contributed by atoms with E-state index in [1.54, 1.807) is 49.4 Å². The second kappa shape index (κ2) is 9.49. The molecule has 1 aliphatic rings. The molecule has 11 heteroatoms. The minimum absolute atomic E-state index is 0.0240. The SMILES string of the molecule is COc1ccc([C@@H]2C[C@H](C(F)(F)F)n3ncc(C(=O)Nc4ccc([C@@H](C)O)cc4)c3N2)cc1OC. The number of fused-ring (bicyclic) bond motifs is 1. The third kappa shape index (κ3) is 4.90. The summed E-state index contributed by atoms with van der Waals surface area (Å²) in [6, 6.07) is 8.71. The lowest BCUT2D eigenvalue weighted by Gasteiger charge is -2.34. The van der Waals surface area contributed by atoms with Crippen molar-refractivity contribution in [2.45, 2.75) is 37.7 Å². The number of anilines is 2. The Hall–Kier alpha value is -3.73. The van der Waals surface area contributed by atoms with Gasteiger partial charge in [0.2, 0.25) is 0 Å². The fraction of sp³-hybridized carbons (Fsp3) is 0.333. The Morgan fingerprint density at radius 1 is 1.17 bits per heavy atom. The van der Waals surface area contributed by atoms with Crippen LogP contribution in [0.25, 0.3) is 0 Å². The molecule has 1 aromatic heterocycles. The Labute approximate surface area is 199 Å². The molecule has 3 atom stereocenters. The van der Waals surface area contributed by atoms with Crippen molar-refractivity contribution in [1.29, 1.82) is 0 Å². The first-order valence-corrected chi connectivity index (χ1v) is 10.8. The van der Waals surface area contributed by atoms with Crippen LogP contribution in [-0.2, 0) is 0 Å². The first-order valence-electron chi connectivity index (χ1n) is 10.8. The van der Waals surface area contributed by atoms with Crippen LogP contribution >= 0.6 is 0 Å². The predicted molar refractivity (Wildman–Crippen MR) is 123 cm³/mol. The molecule has 0 saturated heterocycles. The zero-order valence-electron chi connectivity index (χ0n) is 19.3. The standard InChI is InChI=1S/C24H25F3N4O4/c1-13(32)14-4-7-16(8-5-14)29-23(33)17-12-28-31-21(24(25,26)27)11-18(30-22(17)31)15-6-9-19(34-2)20(10-15)35-3/h4-10,12-13,18,21,30,32H,11H2,1-3H3,(H,29,33)/t13-,18+,21-/m1/s1. The third-order valence-corrected chi connectivity index (χ3v) is 5.94. The molecular weight excluding hydrogens is 465 g/mol. The summed E-state index contributed by atoms with van der Waals surface area (Å²) >= 11 is 0. The Balaban J connectivity index is 1.66. The number of aliphatic hydroxyl groups is 1. The molecule has 8 nitrogen and oxygen atoms in total. The number of methoxy groups -OCH3 is 2. The average Bonchev–Trinajstić information content (AvgIpc) is 3.26. The molecule has 186 valence electrons. The minimum Gasteiger partial charge on any atom is -0.493 e. The lowest BCUT2D eigenvalue weighted by atomic mass is 9.96. The van der Waals surface area contributed by atoms with E-state index in [2.05, 4.69) is 15.7 Å². The van der Waals surface area contributed by atoms with Gasteiger partial charge >= 0.3 is 6.18 Å². The number of benzene rings is 2. The number of halogens is 3. The van der Waals surface area contributed by atoms with Gasteiger partial charge in [-0.1, -0.05) is 18.2 Å². The number of hydrogen-bond acceptors (Lipinski definition) is 6. The molecule has 4 rings (SSSR count). The van der Waals surface area contributed by atoms with Gasteiger partial charge in [0.15, 0.2) is 17.5 Å². The molecule has 0 saturated carbocycles. The van der Waals surface area contributed by atoms with Crippen molar-refractivity contribution in [3.63, 3.8) is 0 Å². The zero-order chi connectivity index (χ0) is 25.3. The number of carbonyl (C=O) groups is 1. The second-order valence-corrected chi connectivity index (χ2v) is 8.21. The number of aromatic nitrogens is 2. The Morgan fingerprint density at radius 3 is 2.46 bits per heavy atom. The van der Waals surface area contributed by atoms with Crippen LogP contribution in [-0.4, -0.2) is 41.2 Å². The van der Waals surface area contributed by atoms with Gasteiger partial charge in [-0.25, -0.2) is 4.68 Å². The Morgan fingerprint density at radius 2 is 1.86 bits per heavy atom. The number of nitrogens with zero attached hydrogens (tertiary/aromatic N) is 2. The molecule has 35 heavy (non-hydrogen) atoms. The van der Waals surface area contributed by atoms with Crippen molar-refractivity contribution in [3.8, 4) is 11.5 Å². The molecular formula is C24H25F3N4O4. The number of amides is 1. The van der Waals surface area contributed by atoms with Crippen LogP contribution in [0.2, 0.25) is 0 Å². The Kier molecular flexibility index (Phi) is 6.62. The smallest absolute Gasteiger partial charge is 0.410 e. The molecule has 2 aromatic carbocycles. The van der Waals surface area contributed by atoms with E-state index in [0.717, 1.165) is 10.9 Å². The maximum Gasteiger partial charge on any atom is 0.410 e. The van der Waals surface area contributed by atoms with Gasteiger partial charge in [-0.3, -0.25) is 4.79 Å². The van der Waals surface area contributed by atoms with Crippen LogP contribution in [0.1, 0.15) is 53.0 Å². The molecule has 0 aliphatic carbocycles. The number of nitrogens with one attached hydrogen (secondary N) is 2. The van der Waals surface area contributed by atoms with Gasteiger partial charge in [-0.15, -0.1) is 0 Å². The molecule has 0 spiro atoms. The van der Waals surface area contributed by atoms with Crippen molar-refractivity contribution < 1.29 is 32.5 Å². The van der Waals surface area contributed by atoms with E-state index in [1.807, 2.05) is 0 Å². The fourth-order valence-corrected chi connectivity index (χ4v) is 4.06. The highest BCUT2D eigenvalue weighted by Crippen LogP contribution is 2.45. The molecule has 0 radical (unpaired) electrons. The van der Waals surface area contributed by atoms with E-state index in [4.69, 9.17) is 9.47 Å². The van der Waals surface area contributed by atoms with Crippen LogP contribution in [0.4, 0.5) is 24.7 Å². The van der Waals surface area contributed by atoms with Crippen molar-refractivity contribution in [2.24, 2.45) is 0 Å². The monoisotopic (exact) mass is 490 g/mol. The van der Waals surface area contributed by atoms with Gasteiger partial charge in [0.1, 0.15) is 11.4 Å². The third-order valence-electron chi connectivity index (χ3n) is 5.94. The highest BCUT2D eigenvalue weighted by Gasteiger charge is 2.47. The summed E-state index contributed by atoms with van der Waals surface area (Å²) in [6.07, 6.45) is -4.45. The van der Waals surface area contributed by atoms with E-state index in [9.17, 15) is 23.1 Å². The van der Waals surface area contributed by atoms with Gasteiger partial charge in [0.05, 0.1) is 32.6 Å². The predicted octanol–water partition coefficient (Wildman–Crippen LogP) is 4.87. The Bertz CT molecular complexity index is 1210. The first kappa shape index (κ1) is 24.4. The van der Waals surface area contributed by atoms with E-state index in [0.29, 0.717) is 28.3 Å². The van der Waals surface area contributed by atoms with Crippen LogP contribution in [0.3, 0.4) is 0 Å². The quantitative estimate of drug-likeness (QED) is 0.456. The minimum atomic E-state index is -4.58. The van der Waals surface area contributed by atoms with Gasteiger partial charge in [-0.2, -0.15) is 18.3 Å². The van der Waals surface area contributed by atoms with Gasteiger partial charge in [0.25, 0.3) is 5.91 Å².